The molecule has 1 aliphatic heterocycles. The Balaban J connectivity index is 1.47. The Kier molecular flexibility index (Phi) is 5.35. The van der Waals surface area contributed by atoms with Crippen molar-refractivity contribution in [2.75, 3.05) is 18.0 Å². The molecule has 0 aromatic carbocycles. The van der Waals surface area contributed by atoms with Crippen LogP contribution in [-0.4, -0.2) is 35.2 Å². The van der Waals surface area contributed by atoms with Gasteiger partial charge in [-0.2, -0.15) is 0 Å². The van der Waals surface area contributed by atoms with E-state index >= 15 is 0 Å². The molecule has 1 amide bonds. The van der Waals surface area contributed by atoms with Gasteiger partial charge in [0.15, 0.2) is 11.0 Å². The summed E-state index contributed by atoms with van der Waals surface area (Å²) in [7, 11) is 0. The highest BCUT2D eigenvalue weighted by molar-refractivity contribution is 6.29. The van der Waals surface area contributed by atoms with E-state index in [0.717, 1.165) is 37.5 Å². The largest absolute Gasteiger partial charge is 0.469 e. The van der Waals surface area contributed by atoms with E-state index < -0.39 is 0 Å². The standard InChI is InChI=1S/C17H21ClN4O2/c1-12(11-14-3-2-10-24-14)19-17(23)13-6-8-22(9-7-13)16-5-4-15(18)20-21-16/h2-5,10,12-13H,6-9,11H2,1H3,(H,19,23)/t12-/m1/s1. The van der Waals surface area contributed by atoms with Gasteiger partial charge in [0.1, 0.15) is 5.76 Å². The quantitative estimate of drug-likeness (QED) is 0.899. The van der Waals surface area contributed by atoms with Crippen LogP contribution in [0.2, 0.25) is 5.15 Å². The maximum atomic E-state index is 12.4. The van der Waals surface area contributed by atoms with Gasteiger partial charge >= 0.3 is 0 Å². The van der Waals surface area contributed by atoms with Crippen LogP contribution in [0.15, 0.2) is 34.9 Å². The molecule has 1 saturated heterocycles. The van der Waals surface area contributed by atoms with E-state index in [2.05, 4.69) is 20.4 Å². The van der Waals surface area contributed by atoms with Gasteiger partial charge < -0.3 is 14.6 Å². The highest BCUT2D eigenvalue weighted by atomic mass is 35.5. The maximum Gasteiger partial charge on any atom is 0.223 e. The molecule has 128 valence electrons. The van der Waals surface area contributed by atoms with Gasteiger partial charge in [0.25, 0.3) is 0 Å². The number of piperidine rings is 1. The van der Waals surface area contributed by atoms with E-state index in [4.69, 9.17) is 16.0 Å². The average Bonchev–Trinajstić information content (AvgIpc) is 3.08. The number of nitrogens with zero attached hydrogens (tertiary/aromatic N) is 3. The second-order valence-electron chi connectivity index (χ2n) is 6.17. The van der Waals surface area contributed by atoms with Crippen molar-refractivity contribution in [1.29, 1.82) is 0 Å². The molecule has 0 spiro atoms. The fourth-order valence-electron chi connectivity index (χ4n) is 2.99. The van der Waals surface area contributed by atoms with Gasteiger partial charge in [-0.15, -0.1) is 10.2 Å². The molecule has 2 aromatic rings. The van der Waals surface area contributed by atoms with Crippen LogP contribution in [0.25, 0.3) is 0 Å². The highest BCUT2D eigenvalue weighted by Crippen LogP contribution is 2.22. The summed E-state index contributed by atoms with van der Waals surface area (Å²) < 4.78 is 5.32. The van der Waals surface area contributed by atoms with Crippen LogP contribution in [0.1, 0.15) is 25.5 Å². The SMILES string of the molecule is C[C@H](Cc1ccco1)NC(=O)C1CCN(c2ccc(Cl)nn2)CC1. The van der Waals surface area contributed by atoms with Crippen molar-refractivity contribution in [1.82, 2.24) is 15.5 Å². The van der Waals surface area contributed by atoms with E-state index in [-0.39, 0.29) is 17.9 Å². The zero-order valence-electron chi connectivity index (χ0n) is 13.6. The molecule has 0 radical (unpaired) electrons. The molecule has 3 rings (SSSR count). The number of halogens is 1. The topological polar surface area (TPSA) is 71.3 Å². The number of anilines is 1. The van der Waals surface area contributed by atoms with Crippen LogP contribution >= 0.6 is 11.6 Å². The minimum atomic E-state index is 0.0422. The van der Waals surface area contributed by atoms with Gasteiger partial charge in [-0.1, -0.05) is 11.6 Å². The number of carbonyl (C=O) groups excluding carboxylic acids is 1. The number of furan rings is 1. The maximum absolute atomic E-state index is 12.4. The fraction of sp³-hybridized carbons (Fsp3) is 0.471. The van der Waals surface area contributed by atoms with Gasteiger partial charge in [0.05, 0.1) is 6.26 Å². The van der Waals surface area contributed by atoms with Gasteiger partial charge in [-0.3, -0.25) is 4.79 Å². The Morgan fingerprint density at radius 3 is 2.79 bits per heavy atom. The fourth-order valence-corrected chi connectivity index (χ4v) is 3.09. The predicted octanol–water partition coefficient (Wildman–Crippen LogP) is 2.69. The number of hydrogen-bond donors (Lipinski definition) is 1. The van der Waals surface area contributed by atoms with Crippen LogP contribution in [0.4, 0.5) is 5.82 Å². The smallest absolute Gasteiger partial charge is 0.223 e. The summed E-state index contributed by atoms with van der Waals surface area (Å²) in [5.41, 5.74) is 0. The number of amides is 1. The molecule has 0 aliphatic carbocycles. The molecule has 7 heteroatoms. The number of hydrogen-bond acceptors (Lipinski definition) is 5. The second-order valence-corrected chi connectivity index (χ2v) is 6.56. The molecule has 1 N–H and O–H groups in total. The van der Waals surface area contributed by atoms with Crippen molar-refractivity contribution in [3.05, 3.63) is 41.4 Å². The molecule has 24 heavy (non-hydrogen) atoms. The zero-order valence-corrected chi connectivity index (χ0v) is 14.4. The van der Waals surface area contributed by atoms with Crippen LogP contribution in [0, 0.1) is 5.92 Å². The van der Waals surface area contributed by atoms with E-state index in [1.54, 1.807) is 12.3 Å². The minimum absolute atomic E-state index is 0.0422. The van der Waals surface area contributed by atoms with Crippen molar-refractivity contribution >= 4 is 23.3 Å². The van der Waals surface area contributed by atoms with Crippen LogP contribution < -0.4 is 10.2 Å². The molecule has 1 fully saturated rings. The molecule has 0 unspecified atom stereocenters. The molecular weight excluding hydrogens is 328 g/mol. The van der Waals surface area contributed by atoms with Gasteiger partial charge in [0.2, 0.25) is 5.91 Å². The van der Waals surface area contributed by atoms with Crippen molar-refractivity contribution in [2.24, 2.45) is 5.92 Å². The lowest BCUT2D eigenvalue weighted by Crippen LogP contribution is -2.43. The third-order valence-corrected chi connectivity index (χ3v) is 4.49. The summed E-state index contributed by atoms with van der Waals surface area (Å²) in [5.74, 6) is 1.86. The zero-order chi connectivity index (χ0) is 16.9. The van der Waals surface area contributed by atoms with E-state index in [0.29, 0.717) is 11.6 Å². The van der Waals surface area contributed by atoms with Crippen LogP contribution in [-0.2, 0) is 11.2 Å². The van der Waals surface area contributed by atoms with Gasteiger partial charge in [-0.05, 0) is 44.0 Å². The third-order valence-electron chi connectivity index (χ3n) is 4.28. The van der Waals surface area contributed by atoms with Crippen molar-refractivity contribution in [2.45, 2.75) is 32.2 Å². The van der Waals surface area contributed by atoms with Crippen LogP contribution in [0.5, 0.6) is 0 Å². The Morgan fingerprint density at radius 1 is 1.38 bits per heavy atom. The molecule has 1 aliphatic rings. The second kappa shape index (κ2) is 7.66. The van der Waals surface area contributed by atoms with Crippen molar-refractivity contribution in [3.63, 3.8) is 0 Å². The van der Waals surface area contributed by atoms with E-state index in [1.165, 1.54) is 0 Å². The molecule has 2 aromatic heterocycles. The van der Waals surface area contributed by atoms with Crippen molar-refractivity contribution in [3.8, 4) is 0 Å². The number of carbonyl (C=O) groups is 1. The monoisotopic (exact) mass is 348 g/mol. The third kappa shape index (κ3) is 4.26. The average molecular weight is 349 g/mol. The normalized spacial score (nSPS) is 16.8. The first-order valence-electron chi connectivity index (χ1n) is 8.19. The summed E-state index contributed by atoms with van der Waals surface area (Å²) in [5, 5.41) is 11.4. The molecule has 3 heterocycles. The molecule has 1 atom stereocenters. The van der Waals surface area contributed by atoms with Gasteiger partial charge in [0, 0.05) is 31.5 Å². The highest BCUT2D eigenvalue weighted by Gasteiger charge is 2.26. The molecular formula is C17H21ClN4O2. The van der Waals surface area contributed by atoms with E-state index in [1.807, 2.05) is 25.1 Å². The van der Waals surface area contributed by atoms with Crippen LogP contribution in [0.3, 0.4) is 0 Å². The number of rotatable bonds is 5. The summed E-state index contributed by atoms with van der Waals surface area (Å²) in [4.78, 5) is 14.6. The summed E-state index contributed by atoms with van der Waals surface area (Å²) in [6.07, 6.45) is 3.98. The number of aromatic nitrogens is 2. The Bertz CT molecular complexity index is 652. The molecule has 6 nitrogen and oxygen atoms in total. The Morgan fingerprint density at radius 2 is 2.17 bits per heavy atom. The summed E-state index contributed by atoms with van der Waals surface area (Å²) >= 11 is 5.76. The predicted molar refractivity (Wildman–Crippen MR) is 92.0 cm³/mol. The van der Waals surface area contributed by atoms with Crippen molar-refractivity contribution < 1.29 is 9.21 Å². The number of nitrogens with one attached hydrogen (secondary N) is 1. The lowest BCUT2D eigenvalue weighted by molar-refractivity contribution is -0.126. The van der Waals surface area contributed by atoms with Gasteiger partial charge in [-0.25, -0.2) is 0 Å². The first-order chi connectivity index (χ1) is 11.6. The first-order valence-corrected chi connectivity index (χ1v) is 8.56. The summed E-state index contributed by atoms with van der Waals surface area (Å²) in [6, 6.07) is 7.44. The van der Waals surface area contributed by atoms with E-state index in [9.17, 15) is 4.79 Å². The summed E-state index contributed by atoms with van der Waals surface area (Å²) in [6.45, 7) is 3.58. The first kappa shape index (κ1) is 16.8. The Hall–Kier alpha value is -2.08. The minimum Gasteiger partial charge on any atom is -0.469 e. The lowest BCUT2D eigenvalue weighted by Gasteiger charge is -2.32. The Labute approximate surface area is 146 Å². The molecule has 0 bridgehead atoms. The molecule has 0 saturated carbocycles. The lowest BCUT2D eigenvalue weighted by atomic mass is 9.95.